The molecule has 2 heterocycles. The second-order valence-electron chi connectivity index (χ2n) is 12.6. The minimum atomic E-state index is -0.832. The highest BCUT2D eigenvalue weighted by Gasteiger charge is 2.37. The van der Waals surface area contributed by atoms with Gasteiger partial charge in [0, 0.05) is 62.5 Å². The topological polar surface area (TPSA) is 94.1 Å². The fraction of sp³-hybridized carbons (Fsp3) is 0.459. The molecule has 0 unspecified atom stereocenters. The number of carbonyl (C=O) groups is 2. The molecule has 0 aromatic heterocycles. The molecule has 0 spiro atoms. The maximum atomic E-state index is 13.2. The predicted octanol–water partition coefficient (Wildman–Crippen LogP) is 6.31. The van der Waals surface area contributed by atoms with E-state index >= 15 is 0 Å². The molecular weight excluding hydrogens is 600 g/mol. The summed E-state index contributed by atoms with van der Waals surface area (Å²) in [6, 6.07) is 28.3. The summed E-state index contributed by atoms with van der Waals surface area (Å²) in [4.78, 5) is 29.6. The zero-order valence-corrected chi connectivity index (χ0v) is 27.6. The molecule has 3 aromatic carbocycles. The highest BCUT2D eigenvalue weighted by atomic mass is 35.5. The van der Waals surface area contributed by atoms with Gasteiger partial charge in [0.15, 0.2) is 0 Å². The largest absolute Gasteiger partial charge is 0.446 e. The van der Waals surface area contributed by atoms with Gasteiger partial charge in [-0.1, -0.05) is 84.4 Å². The zero-order chi connectivity index (χ0) is 32.4. The minimum Gasteiger partial charge on any atom is -0.446 e. The molecule has 2 aliphatic rings. The number of carbonyl (C=O) groups excluding carboxylic acids is 2. The Morgan fingerprint density at radius 2 is 1.48 bits per heavy atom. The standard InChI is InChI=1S/C37H47ClN4O4/c1-2-39-34(43)42-24-18-33(19-25-42)46-35(44)40-28-36(29-10-5-3-6-11-29,30-12-7-4-8-13-30)20-9-23-41-26-21-37(45,22-27-41)31-14-16-32(38)17-15-31/h3-8,10-17,33,45H,2,9,18-28H2,1H3,(H,39,43)(H,40,44). The van der Waals surface area contributed by atoms with Gasteiger partial charge in [0.25, 0.3) is 0 Å². The number of nitrogens with zero attached hydrogens (tertiary/aromatic N) is 2. The van der Waals surface area contributed by atoms with Crippen molar-refractivity contribution in [3.05, 3.63) is 107 Å². The summed E-state index contributed by atoms with van der Waals surface area (Å²) in [7, 11) is 0. The van der Waals surface area contributed by atoms with Crippen LogP contribution in [0.1, 0.15) is 62.1 Å². The average Bonchev–Trinajstić information content (AvgIpc) is 3.09. The number of urea groups is 1. The fourth-order valence-corrected chi connectivity index (χ4v) is 7.04. The fourth-order valence-electron chi connectivity index (χ4n) is 6.92. The van der Waals surface area contributed by atoms with E-state index in [0.717, 1.165) is 49.2 Å². The molecule has 2 fully saturated rings. The number of aliphatic hydroxyl groups is 1. The summed E-state index contributed by atoms with van der Waals surface area (Å²) in [6.45, 7) is 6.54. The summed E-state index contributed by atoms with van der Waals surface area (Å²) in [5.74, 6) is 0. The Bertz CT molecular complexity index is 1350. The lowest BCUT2D eigenvalue weighted by molar-refractivity contribution is -0.0262. The van der Waals surface area contributed by atoms with E-state index in [2.05, 4.69) is 64.1 Å². The zero-order valence-electron chi connectivity index (χ0n) is 26.8. The number of amides is 3. The summed E-state index contributed by atoms with van der Waals surface area (Å²) < 4.78 is 5.86. The van der Waals surface area contributed by atoms with Crippen LogP contribution in [0, 0.1) is 0 Å². The monoisotopic (exact) mass is 646 g/mol. The summed E-state index contributed by atoms with van der Waals surface area (Å²) >= 11 is 6.07. The lowest BCUT2D eigenvalue weighted by atomic mass is 9.71. The molecule has 0 atom stereocenters. The maximum Gasteiger partial charge on any atom is 0.407 e. The number of rotatable bonds is 11. The normalized spacial score (nSPS) is 17.3. The summed E-state index contributed by atoms with van der Waals surface area (Å²) in [5, 5.41) is 18.0. The van der Waals surface area contributed by atoms with Crippen molar-refractivity contribution in [1.29, 1.82) is 0 Å². The lowest BCUT2D eigenvalue weighted by Gasteiger charge is -2.40. The van der Waals surface area contributed by atoms with Gasteiger partial charge >= 0.3 is 12.1 Å². The summed E-state index contributed by atoms with van der Waals surface area (Å²) in [5.41, 5.74) is 1.93. The van der Waals surface area contributed by atoms with Gasteiger partial charge in [-0.05, 0) is 68.0 Å². The van der Waals surface area contributed by atoms with E-state index in [-0.39, 0.29) is 12.1 Å². The first-order valence-electron chi connectivity index (χ1n) is 16.6. The Morgan fingerprint density at radius 3 is 2.04 bits per heavy atom. The second-order valence-corrected chi connectivity index (χ2v) is 13.0. The Kier molecular flexibility index (Phi) is 11.6. The van der Waals surface area contributed by atoms with E-state index < -0.39 is 17.1 Å². The van der Waals surface area contributed by atoms with Crippen molar-refractivity contribution in [2.75, 3.05) is 45.8 Å². The first-order chi connectivity index (χ1) is 22.3. The molecule has 0 radical (unpaired) electrons. The number of benzene rings is 3. The van der Waals surface area contributed by atoms with Crippen molar-refractivity contribution >= 4 is 23.7 Å². The Balaban J connectivity index is 1.23. The number of halogens is 1. The van der Waals surface area contributed by atoms with Crippen LogP contribution in [0.3, 0.4) is 0 Å². The van der Waals surface area contributed by atoms with E-state index in [1.807, 2.05) is 43.3 Å². The molecule has 3 N–H and O–H groups in total. The average molecular weight is 647 g/mol. The number of alkyl carbamates (subject to hydrolysis) is 1. The van der Waals surface area contributed by atoms with Crippen molar-refractivity contribution in [1.82, 2.24) is 20.4 Å². The molecular formula is C37H47ClN4O4. The third kappa shape index (κ3) is 8.41. The van der Waals surface area contributed by atoms with Crippen molar-refractivity contribution in [2.24, 2.45) is 0 Å². The van der Waals surface area contributed by atoms with E-state index in [1.54, 1.807) is 4.90 Å². The van der Waals surface area contributed by atoms with Gasteiger partial charge in [0.1, 0.15) is 6.10 Å². The molecule has 0 aliphatic carbocycles. The molecule has 8 nitrogen and oxygen atoms in total. The van der Waals surface area contributed by atoms with Crippen molar-refractivity contribution in [3.8, 4) is 0 Å². The van der Waals surface area contributed by atoms with Crippen LogP contribution in [0.15, 0.2) is 84.9 Å². The molecule has 0 bridgehead atoms. The number of hydrogen-bond donors (Lipinski definition) is 3. The van der Waals surface area contributed by atoms with Gasteiger partial charge in [-0.2, -0.15) is 0 Å². The van der Waals surface area contributed by atoms with Gasteiger partial charge in [0.2, 0.25) is 0 Å². The van der Waals surface area contributed by atoms with Crippen LogP contribution in [0.2, 0.25) is 5.02 Å². The minimum absolute atomic E-state index is 0.0669. The molecule has 9 heteroatoms. The number of nitrogens with one attached hydrogen (secondary N) is 2. The molecule has 3 amide bonds. The lowest BCUT2D eigenvalue weighted by Crippen LogP contribution is -2.47. The molecule has 46 heavy (non-hydrogen) atoms. The smallest absolute Gasteiger partial charge is 0.407 e. The van der Waals surface area contributed by atoms with Crippen LogP contribution in [0.25, 0.3) is 0 Å². The van der Waals surface area contributed by atoms with E-state index in [9.17, 15) is 14.7 Å². The number of ether oxygens (including phenoxy) is 1. The van der Waals surface area contributed by atoms with Gasteiger partial charge in [-0.25, -0.2) is 9.59 Å². The predicted molar refractivity (Wildman–Crippen MR) is 182 cm³/mol. The van der Waals surface area contributed by atoms with Crippen LogP contribution in [0.4, 0.5) is 9.59 Å². The highest BCUT2D eigenvalue weighted by Crippen LogP contribution is 2.38. The van der Waals surface area contributed by atoms with E-state index in [4.69, 9.17) is 16.3 Å². The summed E-state index contributed by atoms with van der Waals surface area (Å²) in [6.07, 6.45) is 3.68. The molecule has 246 valence electrons. The third-order valence-electron chi connectivity index (χ3n) is 9.66. The molecule has 0 saturated carbocycles. The maximum absolute atomic E-state index is 13.2. The quantitative estimate of drug-likeness (QED) is 0.227. The molecule has 3 aromatic rings. The van der Waals surface area contributed by atoms with Crippen molar-refractivity contribution < 1.29 is 19.4 Å². The highest BCUT2D eigenvalue weighted by molar-refractivity contribution is 6.30. The van der Waals surface area contributed by atoms with Crippen LogP contribution >= 0.6 is 11.6 Å². The van der Waals surface area contributed by atoms with Gasteiger partial charge in [-0.15, -0.1) is 0 Å². The first kappa shape index (κ1) is 33.8. The Labute approximate surface area is 278 Å². The molecule has 2 saturated heterocycles. The Hall–Kier alpha value is -3.59. The van der Waals surface area contributed by atoms with Crippen LogP contribution in [0.5, 0.6) is 0 Å². The second kappa shape index (κ2) is 15.8. The number of piperidine rings is 2. The SMILES string of the molecule is CCNC(=O)N1CCC(OC(=O)NCC(CCCN2CCC(O)(c3ccc(Cl)cc3)CC2)(c2ccccc2)c2ccccc2)CC1. The van der Waals surface area contributed by atoms with Crippen molar-refractivity contribution in [2.45, 2.75) is 62.6 Å². The van der Waals surface area contributed by atoms with Crippen LogP contribution in [-0.2, 0) is 15.8 Å². The van der Waals surface area contributed by atoms with Crippen LogP contribution < -0.4 is 10.6 Å². The Morgan fingerprint density at radius 1 is 0.891 bits per heavy atom. The van der Waals surface area contributed by atoms with Gasteiger partial charge in [-0.3, -0.25) is 0 Å². The van der Waals surface area contributed by atoms with E-state index in [0.29, 0.717) is 56.9 Å². The third-order valence-corrected chi connectivity index (χ3v) is 9.91. The number of likely N-dealkylation sites (tertiary alicyclic amines) is 2. The first-order valence-corrected chi connectivity index (χ1v) is 17.0. The van der Waals surface area contributed by atoms with Gasteiger partial charge < -0.3 is 30.3 Å². The number of hydrogen-bond acceptors (Lipinski definition) is 5. The molecule has 5 rings (SSSR count). The molecule has 2 aliphatic heterocycles. The van der Waals surface area contributed by atoms with E-state index in [1.165, 1.54) is 0 Å². The van der Waals surface area contributed by atoms with Gasteiger partial charge in [0.05, 0.1) is 5.60 Å². The van der Waals surface area contributed by atoms with Crippen molar-refractivity contribution in [3.63, 3.8) is 0 Å². The van der Waals surface area contributed by atoms with Crippen LogP contribution in [-0.4, -0.2) is 78.9 Å².